The Morgan fingerprint density at radius 3 is 2.50 bits per heavy atom. The van der Waals surface area contributed by atoms with E-state index in [-0.39, 0.29) is 0 Å². The third-order valence-electron chi connectivity index (χ3n) is 2.97. The minimum atomic E-state index is 0.478. The van der Waals surface area contributed by atoms with Crippen LogP contribution in [0.15, 0.2) is 30.3 Å². The van der Waals surface area contributed by atoms with E-state index in [2.05, 4.69) is 4.98 Å². The molecule has 4 nitrogen and oxygen atoms in total. The highest BCUT2D eigenvalue weighted by molar-refractivity contribution is 5.68. The normalized spacial score (nSPS) is 10.3. The first-order chi connectivity index (χ1) is 9.65. The molecule has 1 aromatic carbocycles. The van der Waals surface area contributed by atoms with Gasteiger partial charge in [0.1, 0.15) is 5.75 Å². The van der Waals surface area contributed by atoms with Crippen LogP contribution in [0.1, 0.15) is 19.4 Å². The van der Waals surface area contributed by atoms with Crippen molar-refractivity contribution in [1.29, 1.82) is 0 Å². The Hall–Kier alpha value is -2.23. The summed E-state index contributed by atoms with van der Waals surface area (Å²) in [5, 5.41) is 0. The van der Waals surface area contributed by atoms with Crippen LogP contribution in [0.25, 0.3) is 11.3 Å². The van der Waals surface area contributed by atoms with Crippen molar-refractivity contribution in [3.63, 3.8) is 0 Å². The zero-order chi connectivity index (χ0) is 14.5. The van der Waals surface area contributed by atoms with Crippen LogP contribution < -0.4 is 15.2 Å². The number of ether oxygens (including phenoxy) is 2. The first kappa shape index (κ1) is 14.2. The van der Waals surface area contributed by atoms with Gasteiger partial charge in [0.2, 0.25) is 5.88 Å². The molecule has 2 aromatic rings. The maximum atomic E-state index is 5.86. The second kappa shape index (κ2) is 6.28. The zero-order valence-electron chi connectivity index (χ0n) is 12.1. The van der Waals surface area contributed by atoms with E-state index in [9.17, 15) is 0 Å². The number of anilines is 1. The molecule has 2 rings (SSSR count). The van der Waals surface area contributed by atoms with Crippen LogP contribution in [0, 0.1) is 6.92 Å². The Morgan fingerprint density at radius 1 is 1.05 bits per heavy atom. The molecule has 0 fully saturated rings. The Balaban J connectivity index is 2.44. The lowest BCUT2D eigenvalue weighted by atomic mass is 10.0. The van der Waals surface area contributed by atoms with Crippen LogP contribution in [0.4, 0.5) is 5.69 Å². The number of hydrogen-bond donors (Lipinski definition) is 1. The second-order valence-corrected chi connectivity index (χ2v) is 4.43. The van der Waals surface area contributed by atoms with E-state index >= 15 is 0 Å². The van der Waals surface area contributed by atoms with Crippen molar-refractivity contribution < 1.29 is 9.47 Å². The van der Waals surface area contributed by atoms with E-state index in [1.54, 1.807) is 0 Å². The summed E-state index contributed by atoms with van der Waals surface area (Å²) in [4.78, 5) is 4.49. The van der Waals surface area contributed by atoms with Crippen molar-refractivity contribution >= 4 is 5.69 Å². The van der Waals surface area contributed by atoms with E-state index in [0.29, 0.717) is 24.8 Å². The molecule has 0 aliphatic heterocycles. The van der Waals surface area contributed by atoms with E-state index in [1.807, 2.05) is 51.1 Å². The van der Waals surface area contributed by atoms with Crippen LogP contribution in [-0.4, -0.2) is 18.2 Å². The molecule has 0 amide bonds. The van der Waals surface area contributed by atoms with E-state index < -0.39 is 0 Å². The Kier molecular flexibility index (Phi) is 4.45. The third kappa shape index (κ3) is 3.02. The zero-order valence-corrected chi connectivity index (χ0v) is 12.1. The van der Waals surface area contributed by atoms with Crippen molar-refractivity contribution in [2.24, 2.45) is 0 Å². The molecule has 20 heavy (non-hydrogen) atoms. The highest BCUT2D eigenvalue weighted by atomic mass is 16.5. The number of aryl methyl sites for hydroxylation is 1. The number of pyridine rings is 1. The predicted molar refractivity (Wildman–Crippen MR) is 81.2 cm³/mol. The molecule has 1 heterocycles. The van der Waals surface area contributed by atoms with E-state index in [0.717, 1.165) is 22.6 Å². The average molecular weight is 272 g/mol. The Bertz CT molecular complexity index is 597. The number of benzene rings is 1. The Labute approximate surface area is 119 Å². The van der Waals surface area contributed by atoms with Crippen LogP contribution in [0.2, 0.25) is 0 Å². The van der Waals surface area contributed by atoms with Crippen molar-refractivity contribution in [3.05, 3.63) is 35.9 Å². The van der Waals surface area contributed by atoms with Crippen molar-refractivity contribution in [1.82, 2.24) is 4.98 Å². The van der Waals surface area contributed by atoms with Gasteiger partial charge in [-0.3, -0.25) is 0 Å². The van der Waals surface area contributed by atoms with Gasteiger partial charge in [0.05, 0.1) is 24.6 Å². The molecule has 4 heteroatoms. The van der Waals surface area contributed by atoms with Gasteiger partial charge in [-0.15, -0.1) is 0 Å². The van der Waals surface area contributed by atoms with Crippen LogP contribution in [0.5, 0.6) is 11.6 Å². The summed E-state index contributed by atoms with van der Waals surface area (Å²) in [6, 6.07) is 9.70. The molecule has 1 aromatic heterocycles. The van der Waals surface area contributed by atoms with Gasteiger partial charge in [-0.1, -0.05) is 6.07 Å². The molecule has 0 bridgehead atoms. The Morgan fingerprint density at radius 2 is 1.80 bits per heavy atom. The summed E-state index contributed by atoms with van der Waals surface area (Å²) in [5.41, 5.74) is 9.40. The SMILES string of the molecule is CCOc1ccc(C)c(-c2ccc(N)c(OCC)n2)c1. The van der Waals surface area contributed by atoms with Crippen LogP contribution in [-0.2, 0) is 0 Å². The van der Waals surface area contributed by atoms with E-state index in [1.165, 1.54) is 0 Å². The lowest BCUT2D eigenvalue weighted by molar-refractivity contribution is 0.329. The van der Waals surface area contributed by atoms with Gasteiger partial charge in [0.15, 0.2) is 0 Å². The van der Waals surface area contributed by atoms with Crippen molar-refractivity contribution in [2.75, 3.05) is 18.9 Å². The first-order valence-electron chi connectivity index (χ1n) is 6.78. The van der Waals surface area contributed by atoms with Gasteiger partial charge in [-0.05, 0) is 50.6 Å². The summed E-state index contributed by atoms with van der Waals surface area (Å²) in [6.45, 7) is 7.10. The van der Waals surface area contributed by atoms with Crippen molar-refractivity contribution in [2.45, 2.75) is 20.8 Å². The summed E-state index contributed by atoms with van der Waals surface area (Å²) < 4.78 is 11.0. The highest BCUT2D eigenvalue weighted by Gasteiger charge is 2.09. The fourth-order valence-corrected chi connectivity index (χ4v) is 1.99. The lowest BCUT2D eigenvalue weighted by Crippen LogP contribution is -2.01. The molecule has 2 N–H and O–H groups in total. The van der Waals surface area contributed by atoms with Gasteiger partial charge in [0.25, 0.3) is 0 Å². The monoisotopic (exact) mass is 272 g/mol. The number of rotatable bonds is 5. The molecule has 0 radical (unpaired) electrons. The molecule has 0 saturated heterocycles. The molecule has 0 unspecified atom stereocenters. The largest absolute Gasteiger partial charge is 0.494 e. The molecule has 0 spiro atoms. The standard InChI is InChI=1S/C16H20N2O2/c1-4-19-12-7-6-11(3)13(10-12)15-9-8-14(17)16(18-15)20-5-2/h6-10H,4-5,17H2,1-3H3. The molecule has 0 atom stereocenters. The fraction of sp³-hybridized carbons (Fsp3) is 0.312. The third-order valence-corrected chi connectivity index (χ3v) is 2.97. The summed E-state index contributed by atoms with van der Waals surface area (Å²) in [7, 11) is 0. The number of nitrogens with zero attached hydrogens (tertiary/aromatic N) is 1. The lowest BCUT2D eigenvalue weighted by Gasteiger charge is -2.11. The molecule has 0 aliphatic rings. The van der Waals surface area contributed by atoms with Crippen molar-refractivity contribution in [3.8, 4) is 22.9 Å². The maximum absolute atomic E-state index is 5.86. The summed E-state index contributed by atoms with van der Waals surface area (Å²) in [5.74, 6) is 1.32. The quantitative estimate of drug-likeness (QED) is 0.905. The minimum absolute atomic E-state index is 0.478. The summed E-state index contributed by atoms with van der Waals surface area (Å²) >= 11 is 0. The first-order valence-corrected chi connectivity index (χ1v) is 6.78. The van der Waals surface area contributed by atoms with Gasteiger partial charge in [-0.2, -0.15) is 0 Å². The molecular formula is C16H20N2O2. The molecule has 0 saturated carbocycles. The van der Waals surface area contributed by atoms with Gasteiger partial charge >= 0.3 is 0 Å². The minimum Gasteiger partial charge on any atom is -0.494 e. The van der Waals surface area contributed by atoms with Crippen LogP contribution >= 0.6 is 0 Å². The number of hydrogen-bond acceptors (Lipinski definition) is 4. The number of nitrogens with two attached hydrogens (primary N) is 1. The molecular weight excluding hydrogens is 252 g/mol. The molecule has 106 valence electrons. The predicted octanol–water partition coefficient (Wildman–Crippen LogP) is 3.44. The van der Waals surface area contributed by atoms with Gasteiger partial charge in [-0.25, -0.2) is 4.98 Å². The fourth-order valence-electron chi connectivity index (χ4n) is 1.99. The molecule has 0 aliphatic carbocycles. The van der Waals surface area contributed by atoms with Gasteiger partial charge < -0.3 is 15.2 Å². The smallest absolute Gasteiger partial charge is 0.237 e. The van der Waals surface area contributed by atoms with Gasteiger partial charge in [0, 0.05) is 5.56 Å². The number of nitrogen functional groups attached to an aromatic ring is 1. The van der Waals surface area contributed by atoms with E-state index in [4.69, 9.17) is 15.2 Å². The van der Waals surface area contributed by atoms with Crippen LogP contribution in [0.3, 0.4) is 0 Å². The summed E-state index contributed by atoms with van der Waals surface area (Å²) in [6.07, 6.45) is 0. The second-order valence-electron chi connectivity index (χ2n) is 4.43. The topological polar surface area (TPSA) is 57.4 Å². The average Bonchev–Trinajstić information content (AvgIpc) is 2.44. The maximum Gasteiger partial charge on any atom is 0.237 e. The highest BCUT2D eigenvalue weighted by Crippen LogP contribution is 2.29. The number of aromatic nitrogens is 1.